The first-order valence-electron chi connectivity index (χ1n) is 13.8. The van der Waals surface area contributed by atoms with Crippen molar-refractivity contribution in [3.8, 4) is 21.8 Å². The lowest BCUT2D eigenvalue weighted by Gasteiger charge is -2.33. The standard InChI is InChI=1S/C31H36ClN5O3S/c1-7-39-30(38)27(40-31(3,4)5)25-19(2)16-22-28(26(25)20-8-10-21(32)11-9-20)41-29(35-22)23-17-33-18-24(34-23)37-14-12-36(6)13-15-37/h8-11,16-18,27H,7,12-15H2,1-6H3. The number of aromatic nitrogens is 3. The monoisotopic (exact) mass is 593 g/mol. The van der Waals surface area contributed by atoms with Crippen molar-refractivity contribution >= 4 is 44.9 Å². The topological polar surface area (TPSA) is 80.7 Å². The second-order valence-corrected chi connectivity index (χ2v) is 12.7. The molecule has 3 heterocycles. The van der Waals surface area contributed by atoms with Crippen molar-refractivity contribution in [1.82, 2.24) is 19.9 Å². The number of hydrogen-bond acceptors (Lipinski definition) is 9. The van der Waals surface area contributed by atoms with E-state index in [2.05, 4.69) is 21.8 Å². The SMILES string of the molecule is CCOC(=O)C(OC(C)(C)C)c1c(C)cc2nc(-c3cncc(N4CCN(C)CC4)n3)sc2c1-c1ccc(Cl)cc1. The van der Waals surface area contributed by atoms with Gasteiger partial charge in [0.15, 0.2) is 6.10 Å². The van der Waals surface area contributed by atoms with Crippen LogP contribution in [0.5, 0.6) is 0 Å². The van der Waals surface area contributed by atoms with Gasteiger partial charge in [0, 0.05) is 42.3 Å². The molecule has 10 heteroatoms. The highest BCUT2D eigenvalue weighted by atomic mass is 35.5. The van der Waals surface area contributed by atoms with Crippen LogP contribution in [0.15, 0.2) is 42.7 Å². The third-order valence-electron chi connectivity index (χ3n) is 6.96. The highest BCUT2D eigenvalue weighted by Crippen LogP contribution is 2.44. The second-order valence-electron chi connectivity index (χ2n) is 11.3. The minimum atomic E-state index is -0.920. The predicted molar refractivity (Wildman–Crippen MR) is 166 cm³/mol. The van der Waals surface area contributed by atoms with E-state index < -0.39 is 17.7 Å². The highest BCUT2D eigenvalue weighted by Gasteiger charge is 2.33. The van der Waals surface area contributed by atoms with Gasteiger partial charge in [0.2, 0.25) is 0 Å². The van der Waals surface area contributed by atoms with Gasteiger partial charge in [0.05, 0.1) is 34.8 Å². The van der Waals surface area contributed by atoms with Crippen LogP contribution in [0.25, 0.3) is 32.0 Å². The Morgan fingerprint density at radius 2 is 1.80 bits per heavy atom. The molecule has 1 aliphatic rings. The molecule has 1 saturated heterocycles. The number of piperazine rings is 1. The number of nitrogens with zero attached hydrogens (tertiary/aromatic N) is 5. The average Bonchev–Trinajstić information content (AvgIpc) is 3.35. The normalized spacial score (nSPS) is 15.3. The average molecular weight is 594 g/mol. The van der Waals surface area contributed by atoms with Crippen LogP contribution in [0.3, 0.4) is 0 Å². The number of anilines is 1. The molecule has 41 heavy (non-hydrogen) atoms. The second kappa shape index (κ2) is 12.0. The molecule has 216 valence electrons. The summed E-state index contributed by atoms with van der Waals surface area (Å²) in [7, 11) is 2.13. The summed E-state index contributed by atoms with van der Waals surface area (Å²) in [6.07, 6.45) is 2.66. The first-order chi connectivity index (χ1) is 19.5. The Bertz CT molecular complexity index is 1540. The molecular formula is C31H36ClN5O3S. The number of halogens is 1. The van der Waals surface area contributed by atoms with Gasteiger partial charge in [-0.1, -0.05) is 23.7 Å². The number of carbonyl (C=O) groups is 1. The van der Waals surface area contributed by atoms with Crippen LogP contribution >= 0.6 is 22.9 Å². The minimum absolute atomic E-state index is 0.257. The fourth-order valence-corrected chi connectivity index (χ4v) is 6.21. The van der Waals surface area contributed by atoms with Crippen molar-refractivity contribution in [1.29, 1.82) is 0 Å². The van der Waals surface area contributed by atoms with Crippen LogP contribution in [0.4, 0.5) is 5.82 Å². The molecule has 0 spiro atoms. The molecule has 0 N–H and O–H groups in total. The number of likely N-dealkylation sites (N-methyl/N-ethyl adjacent to an activating group) is 1. The van der Waals surface area contributed by atoms with E-state index >= 15 is 0 Å². The molecule has 0 saturated carbocycles. The third-order valence-corrected chi connectivity index (χ3v) is 8.33. The van der Waals surface area contributed by atoms with Crippen LogP contribution < -0.4 is 4.90 Å². The van der Waals surface area contributed by atoms with Crippen LogP contribution in [0, 0.1) is 6.92 Å². The van der Waals surface area contributed by atoms with E-state index in [1.807, 2.05) is 64.2 Å². The van der Waals surface area contributed by atoms with Gasteiger partial charge in [0.25, 0.3) is 0 Å². The summed E-state index contributed by atoms with van der Waals surface area (Å²) >= 11 is 7.80. The van der Waals surface area contributed by atoms with Gasteiger partial charge in [-0.2, -0.15) is 0 Å². The molecule has 0 radical (unpaired) electrons. The largest absolute Gasteiger partial charge is 0.464 e. The smallest absolute Gasteiger partial charge is 0.339 e. The maximum Gasteiger partial charge on any atom is 0.339 e. The summed E-state index contributed by atoms with van der Waals surface area (Å²) in [5.41, 5.74) is 4.40. The quantitative estimate of drug-likeness (QED) is 0.223. The zero-order valence-corrected chi connectivity index (χ0v) is 26.0. The summed E-state index contributed by atoms with van der Waals surface area (Å²) in [6.45, 7) is 13.6. The van der Waals surface area contributed by atoms with Gasteiger partial charge in [-0.25, -0.2) is 14.8 Å². The van der Waals surface area contributed by atoms with Gasteiger partial charge in [-0.15, -0.1) is 11.3 Å². The molecule has 0 amide bonds. The molecule has 1 fully saturated rings. The molecule has 1 unspecified atom stereocenters. The number of esters is 1. The lowest BCUT2D eigenvalue weighted by Crippen LogP contribution is -2.44. The molecule has 2 aromatic heterocycles. The van der Waals surface area contributed by atoms with E-state index in [-0.39, 0.29) is 6.61 Å². The minimum Gasteiger partial charge on any atom is -0.464 e. The third kappa shape index (κ3) is 6.54. The van der Waals surface area contributed by atoms with Gasteiger partial charge in [-0.3, -0.25) is 4.98 Å². The summed E-state index contributed by atoms with van der Waals surface area (Å²) in [5.74, 6) is 0.432. The van der Waals surface area contributed by atoms with E-state index in [0.717, 1.165) is 75.2 Å². The van der Waals surface area contributed by atoms with E-state index in [4.69, 9.17) is 31.0 Å². The molecule has 0 bridgehead atoms. The molecule has 4 aromatic rings. The van der Waals surface area contributed by atoms with Crippen molar-refractivity contribution in [2.24, 2.45) is 0 Å². The van der Waals surface area contributed by atoms with E-state index in [1.54, 1.807) is 13.1 Å². The van der Waals surface area contributed by atoms with E-state index in [9.17, 15) is 4.79 Å². The first-order valence-corrected chi connectivity index (χ1v) is 15.0. The van der Waals surface area contributed by atoms with Crippen LogP contribution in [-0.2, 0) is 14.3 Å². The number of thiazole rings is 1. The Morgan fingerprint density at radius 3 is 2.46 bits per heavy atom. The first kappa shape index (κ1) is 29.4. The molecule has 0 aliphatic carbocycles. The molecular weight excluding hydrogens is 558 g/mol. The fourth-order valence-electron chi connectivity index (χ4n) is 5.00. The Balaban J connectivity index is 1.68. The van der Waals surface area contributed by atoms with E-state index in [1.165, 1.54) is 11.3 Å². The highest BCUT2D eigenvalue weighted by molar-refractivity contribution is 7.22. The number of rotatable bonds is 7. The lowest BCUT2D eigenvalue weighted by atomic mass is 9.91. The molecule has 1 atom stereocenters. The van der Waals surface area contributed by atoms with Crippen LogP contribution in [0.2, 0.25) is 5.02 Å². The van der Waals surface area contributed by atoms with Crippen molar-refractivity contribution in [3.05, 3.63) is 58.9 Å². The Morgan fingerprint density at radius 1 is 1.10 bits per heavy atom. The zero-order valence-electron chi connectivity index (χ0n) is 24.4. The van der Waals surface area contributed by atoms with E-state index in [0.29, 0.717) is 5.02 Å². The number of aryl methyl sites for hydroxylation is 1. The summed E-state index contributed by atoms with van der Waals surface area (Å²) < 4.78 is 12.8. The van der Waals surface area contributed by atoms with Crippen LogP contribution in [-0.4, -0.2) is 71.3 Å². The molecule has 2 aromatic carbocycles. The summed E-state index contributed by atoms with van der Waals surface area (Å²) in [6, 6.07) is 9.65. The number of ether oxygens (including phenoxy) is 2. The van der Waals surface area contributed by atoms with Gasteiger partial charge in [0.1, 0.15) is 16.5 Å². The summed E-state index contributed by atoms with van der Waals surface area (Å²) in [4.78, 5) is 32.4. The van der Waals surface area contributed by atoms with Gasteiger partial charge >= 0.3 is 5.97 Å². The molecule has 8 nitrogen and oxygen atoms in total. The number of carbonyl (C=O) groups excluding carboxylic acids is 1. The number of hydrogen-bond donors (Lipinski definition) is 0. The number of fused-ring (bicyclic) bond motifs is 1. The van der Waals surface area contributed by atoms with Gasteiger partial charge < -0.3 is 19.3 Å². The molecule has 5 rings (SSSR count). The summed E-state index contributed by atoms with van der Waals surface area (Å²) in [5, 5.41) is 1.40. The Hall–Kier alpha value is -3.11. The zero-order chi connectivity index (χ0) is 29.3. The predicted octanol–water partition coefficient (Wildman–Crippen LogP) is 6.55. The Labute approximate surface area is 250 Å². The van der Waals surface area contributed by atoms with Gasteiger partial charge in [-0.05, 0) is 71.0 Å². The maximum atomic E-state index is 13.4. The van der Waals surface area contributed by atoms with Crippen molar-refractivity contribution in [2.75, 3.05) is 44.7 Å². The lowest BCUT2D eigenvalue weighted by molar-refractivity contribution is -0.166. The van der Waals surface area contributed by atoms with Crippen LogP contribution in [0.1, 0.15) is 44.9 Å². The fraction of sp³-hybridized carbons (Fsp3) is 0.419. The van der Waals surface area contributed by atoms with Crippen molar-refractivity contribution in [3.63, 3.8) is 0 Å². The number of benzene rings is 2. The molecule has 1 aliphatic heterocycles. The van der Waals surface area contributed by atoms with Crippen molar-refractivity contribution < 1.29 is 14.3 Å². The Kier molecular flexibility index (Phi) is 8.61. The van der Waals surface area contributed by atoms with Crippen molar-refractivity contribution in [2.45, 2.75) is 46.3 Å². The maximum absolute atomic E-state index is 13.4.